The van der Waals surface area contributed by atoms with Crippen LogP contribution >= 0.6 is 24.2 Å². The molecule has 0 aliphatic rings. The van der Waals surface area contributed by atoms with E-state index >= 15 is 0 Å². The molecule has 48 valence electrons. The van der Waals surface area contributed by atoms with Crippen LogP contribution in [0.3, 0.4) is 0 Å². The van der Waals surface area contributed by atoms with E-state index in [1.165, 1.54) is 11.9 Å². The van der Waals surface area contributed by atoms with E-state index in [0.29, 0.717) is 5.75 Å². The molecule has 8 heavy (non-hydrogen) atoms. The molecule has 0 aromatic heterocycles. The number of hydrogen-bond acceptors (Lipinski definition) is 3. The summed E-state index contributed by atoms with van der Waals surface area (Å²) < 4.78 is 2.61. The summed E-state index contributed by atoms with van der Waals surface area (Å²) in [5.41, 5.74) is 5.05. The Morgan fingerprint density at radius 1 is 1.88 bits per heavy atom. The molecular formula is C3H8N2OS2. The summed E-state index contributed by atoms with van der Waals surface area (Å²) in [5, 5.41) is 8.49. The Morgan fingerprint density at radius 3 is 2.88 bits per heavy atom. The highest BCUT2D eigenvalue weighted by Crippen LogP contribution is 1.87. The molecule has 4 N–H and O–H groups in total. The molecule has 0 aromatic carbocycles. The summed E-state index contributed by atoms with van der Waals surface area (Å²) in [4.78, 5) is 0. The van der Waals surface area contributed by atoms with Crippen LogP contribution in [-0.2, 0) is 0 Å². The third kappa shape index (κ3) is 6.00. The largest absolute Gasteiger partial charge is 0.395 e. The second-order valence-corrected chi connectivity index (χ2v) is 2.38. The predicted molar refractivity (Wildman–Crippen MR) is 39.5 cm³/mol. The van der Waals surface area contributed by atoms with Crippen molar-refractivity contribution in [2.45, 2.75) is 0 Å². The predicted octanol–water partition coefficient (Wildman–Crippen LogP) is -0.540. The molecule has 0 fully saturated rings. The number of aliphatic hydroxyl groups excluding tert-OH is 1. The first-order chi connectivity index (χ1) is 3.77. The van der Waals surface area contributed by atoms with Gasteiger partial charge in [-0.25, -0.2) is 0 Å². The SMILES string of the molecule is NC(=S)NSCCO. The van der Waals surface area contributed by atoms with Crippen molar-refractivity contribution in [3.8, 4) is 0 Å². The first-order valence-electron chi connectivity index (χ1n) is 2.05. The van der Waals surface area contributed by atoms with Crippen LogP contribution in [-0.4, -0.2) is 22.6 Å². The average molecular weight is 152 g/mol. The van der Waals surface area contributed by atoms with Gasteiger partial charge < -0.3 is 15.6 Å². The fourth-order valence-corrected chi connectivity index (χ4v) is 0.680. The zero-order valence-electron chi connectivity index (χ0n) is 4.26. The molecule has 0 aromatic rings. The lowest BCUT2D eigenvalue weighted by molar-refractivity contribution is 0.322. The lowest BCUT2D eigenvalue weighted by atomic mass is 10.9. The molecule has 0 spiro atoms. The first kappa shape index (κ1) is 8.00. The summed E-state index contributed by atoms with van der Waals surface area (Å²) in [6.07, 6.45) is 0. The minimum Gasteiger partial charge on any atom is -0.395 e. The molecular weight excluding hydrogens is 144 g/mol. The summed E-state index contributed by atoms with van der Waals surface area (Å²) in [6, 6.07) is 0. The van der Waals surface area contributed by atoms with Gasteiger partial charge in [0.05, 0.1) is 6.61 Å². The second kappa shape index (κ2) is 5.14. The highest BCUT2D eigenvalue weighted by Gasteiger charge is 1.84. The van der Waals surface area contributed by atoms with Gasteiger partial charge in [0.1, 0.15) is 0 Å². The number of rotatable bonds is 3. The number of aliphatic hydroxyl groups is 1. The Labute approximate surface area is 57.8 Å². The zero-order chi connectivity index (χ0) is 6.41. The Hall–Kier alpha value is -0.0000000000000000763. The first-order valence-corrected chi connectivity index (χ1v) is 3.45. The molecule has 0 aliphatic carbocycles. The van der Waals surface area contributed by atoms with E-state index in [2.05, 4.69) is 16.9 Å². The number of nitrogens with two attached hydrogens (primary N) is 1. The van der Waals surface area contributed by atoms with E-state index < -0.39 is 0 Å². The molecule has 5 heteroatoms. The second-order valence-electron chi connectivity index (χ2n) is 1.04. The lowest BCUT2D eigenvalue weighted by Gasteiger charge is -1.97. The van der Waals surface area contributed by atoms with Gasteiger partial charge in [0, 0.05) is 5.75 Å². The Bertz CT molecular complexity index is 77.7. The molecule has 0 radical (unpaired) electrons. The van der Waals surface area contributed by atoms with Crippen molar-refractivity contribution in [2.75, 3.05) is 12.4 Å². The fourth-order valence-electron chi connectivity index (χ4n) is 0.168. The van der Waals surface area contributed by atoms with Gasteiger partial charge in [-0.1, -0.05) is 0 Å². The molecule has 0 saturated heterocycles. The van der Waals surface area contributed by atoms with Crippen molar-refractivity contribution in [3.05, 3.63) is 0 Å². The van der Waals surface area contributed by atoms with Gasteiger partial charge in [-0.3, -0.25) is 0 Å². The maximum absolute atomic E-state index is 8.23. The van der Waals surface area contributed by atoms with Crippen LogP contribution in [0.15, 0.2) is 0 Å². The van der Waals surface area contributed by atoms with Gasteiger partial charge in [-0.2, -0.15) is 0 Å². The molecule has 0 bridgehead atoms. The monoisotopic (exact) mass is 152 g/mol. The zero-order valence-corrected chi connectivity index (χ0v) is 5.89. The van der Waals surface area contributed by atoms with E-state index in [4.69, 9.17) is 10.8 Å². The number of thiocarbonyl (C=S) groups is 1. The van der Waals surface area contributed by atoms with E-state index in [1.807, 2.05) is 0 Å². The highest BCUT2D eigenvalue weighted by atomic mass is 32.2. The van der Waals surface area contributed by atoms with Crippen LogP contribution in [0.1, 0.15) is 0 Å². The van der Waals surface area contributed by atoms with Gasteiger partial charge in [-0.15, -0.1) is 0 Å². The van der Waals surface area contributed by atoms with Crippen molar-refractivity contribution in [1.29, 1.82) is 0 Å². The van der Waals surface area contributed by atoms with Crippen LogP contribution in [0.25, 0.3) is 0 Å². The summed E-state index contributed by atoms with van der Waals surface area (Å²) in [6.45, 7) is 0.139. The highest BCUT2D eigenvalue weighted by molar-refractivity contribution is 7.98. The van der Waals surface area contributed by atoms with Crippen molar-refractivity contribution in [2.24, 2.45) is 5.73 Å². The fraction of sp³-hybridized carbons (Fsp3) is 0.667. The Morgan fingerprint density at radius 2 is 2.50 bits per heavy atom. The maximum Gasteiger partial charge on any atom is 0.173 e. The summed E-state index contributed by atoms with van der Waals surface area (Å²) in [7, 11) is 0. The minimum absolute atomic E-state index is 0.139. The molecule has 3 nitrogen and oxygen atoms in total. The van der Waals surface area contributed by atoms with Crippen molar-refractivity contribution >= 4 is 29.3 Å². The molecule has 0 saturated carbocycles. The van der Waals surface area contributed by atoms with Gasteiger partial charge in [-0.05, 0) is 24.2 Å². The third-order valence-electron chi connectivity index (χ3n) is 0.366. The topological polar surface area (TPSA) is 58.3 Å². The minimum atomic E-state index is 0.139. The molecule has 0 aliphatic heterocycles. The number of nitrogens with one attached hydrogen (secondary N) is 1. The van der Waals surface area contributed by atoms with E-state index in [1.54, 1.807) is 0 Å². The van der Waals surface area contributed by atoms with E-state index in [9.17, 15) is 0 Å². The van der Waals surface area contributed by atoms with E-state index in [0.717, 1.165) is 0 Å². The van der Waals surface area contributed by atoms with Crippen LogP contribution in [0.5, 0.6) is 0 Å². The smallest absolute Gasteiger partial charge is 0.173 e. The number of hydrogen-bond donors (Lipinski definition) is 3. The van der Waals surface area contributed by atoms with Crippen LogP contribution in [0.2, 0.25) is 0 Å². The molecule has 0 rings (SSSR count). The van der Waals surface area contributed by atoms with Crippen molar-refractivity contribution < 1.29 is 5.11 Å². The standard InChI is InChI=1S/C3H8N2OS2/c4-3(7)5-8-2-1-6/h6H,1-2H2,(H3,4,5,7). The Kier molecular flexibility index (Phi) is 5.14. The van der Waals surface area contributed by atoms with Crippen molar-refractivity contribution in [3.63, 3.8) is 0 Å². The summed E-state index contributed by atoms with van der Waals surface area (Å²) >= 11 is 5.77. The van der Waals surface area contributed by atoms with Gasteiger partial charge >= 0.3 is 0 Å². The maximum atomic E-state index is 8.23. The summed E-state index contributed by atoms with van der Waals surface area (Å²) in [5.74, 6) is 0.608. The molecule has 0 amide bonds. The Balaban J connectivity index is 2.82. The molecule has 0 unspecified atom stereocenters. The van der Waals surface area contributed by atoms with Gasteiger partial charge in [0.15, 0.2) is 5.11 Å². The normalized spacial score (nSPS) is 8.62. The van der Waals surface area contributed by atoms with Crippen molar-refractivity contribution in [1.82, 2.24) is 4.72 Å². The van der Waals surface area contributed by atoms with Gasteiger partial charge in [0.2, 0.25) is 0 Å². The molecule has 0 atom stereocenters. The van der Waals surface area contributed by atoms with Gasteiger partial charge in [0.25, 0.3) is 0 Å². The van der Waals surface area contributed by atoms with E-state index in [-0.39, 0.29) is 11.7 Å². The van der Waals surface area contributed by atoms with Crippen LogP contribution in [0, 0.1) is 0 Å². The van der Waals surface area contributed by atoms with Crippen LogP contribution in [0.4, 0.5) is 0 Å². The van der Waals surface area contributed by atoms with Crippen LogP contribution < -0.4 is 10.5 Å². The quantitative estimate of drug-likeness (QED) is 0.288. The lowest BCUT2D eigenvalue weighted by Crippen LogP contribution is -2.23. The third-order valence-corrected chi connectivity index (χ3v) is 1.35. The average Bonchev–Trinajstić information content (AvgIpc) is 1.66. The molecule has 0 heterocycles.